The van der Waals surface area contributed by atoms with Crippen molar-refractivity contribution in [1.82, 2.24) is 0 Å². The van der Waals surface area contributed by atoms with Gasteiger partial charge in [-0.15, -0.1) is 0 Å². The lowest BCUT2D eigenvalue weighted by molar-refractivity contribution is -0.0332. The van der Waals surface area contributed by atoms with E-state index in [9.17, 15) is 0 Å². The van der Waals surface area contributed by atoms with Crippen LogP contribution in [0.5, 0.6) is 0 Å². The fraction of sp³-hybridized carbons (Fsp3) is 1.00. The Hall–Kier alpha value is -0.210. The molecule has 0 radical (unpaired) electrons. The van der Waals surface area contributed by atoms with E-state index in [1.807, 2.05) is 0 Å². The average molecular weight is 370 g/mol. The Balaban J connectivity index is -0.000000273. The van der Waals surface area contributed by atoms with Crippen molar-refractivity contribution >= 4 is 7.82 Å². The second-order valence-corrected chi connectivity index (χ2v) is 5.80. The van der Waals surface area contributed by atoms with Gasteiger partial charge in [0.1, 0.15) is 0 Å². The fourth-order valence-corrected chi connectivity index (χ4v) is 0.600. The number of rotatable bonds is 8. The summed E-state index contributed by atoms with van der Waals surface area (Å²) in [5.74, 6) is 0. The zero-order valence-electron chi connectivity index (χ0n) is 12.4. The average Bonchev–Trinajstić information content (AvgIpc) is 2.52. The summed E-state index contributed by atoms with van der Waals surface area (Å²) >= 11 is 0. The highest BCUT2D eigenvalue weighted by molar-refractivity contribution is 7.45. The van der Waals surface area contributed by atoms with Gasteiger partial charge in [0.2, 0.25) is 0 Å². The number of aliphatic hydroxyl groups is 8. The molecule has 0 aliphatic heterocycles. The van der Waals surface area contributed by atoms with Crippen molar-refractivity contribution in [3.8, 4) is 0 Å². The maximum atomic E-state index is 8.88. The first-order chi connectivity index (χ1) is 10.5. The van der Waals surface area contributed by atoms with E-state index >= 15 is 0 Å². The maximum Gasteiger partial charge on any atom is 0.466 e. The first kappa shape index (κ1) is 27.6. The lowest BCUT2D eigenvalue weighted by atomic mass is 9.93. The number of hydrogen-bond donors (Lipinski definition) is 11. The van der Waals surface area contributed by atoms with Crippen molar-refractivity contribution in [1.29, 1.82) is 0 Å². The molecule has 0 aromatic heterocycles. The number of phosphoric acid groups is 1. The highest BCUT2D eigenvalue weighted by Gasteiger charge is 2.27. The second kappa shape index (κ2) is 14.2. The Morgan fingerprint density at radius 3 is 0.565 bits per heavy atom. The minimum absolute atomic E-state index is 0.406. The van der Waals surface area contributed by atoms with Crippen LogP contribution in [-0.4, -0.2) is 108 Å². The van der Waals surface area contributed by atoms with Crippen LogP contribution in [0.25, 0.3) is 0 Å². The molecule has 0 unspecified atom stereocenters. The minimum Gasteiger partial charge on any atom is -0.396 e. The van der Waals surface area contributed by atoms with Crippen LogP contribution in [0, 0.1) is 10.8 Å². The van der Waals surface area contributed by atoms with Gasteiger partial charge in [0.05, 0.1) is 63.7 Å². The van der Waals surface area contributed by atoms with Crippen LogP contribution < -0.4 is 0 Å². The molecule has 0 heterocycles. The van der Waals surface area contributed by atoms with Gasteiger partial charge >= 0.3 is 7.82 Å². The third-order valence-electron chi connectivity index (χ3n) is 2.68. The Morgan fingerprint density at radius 2 is 0.565 bits per heavy atom. The summed E-state index contributed by atoms with van der Waals surface area (Å²) in [4.78, 5) is 21.6. The molecular formula is C10H27O12P. The molecule has 0 spiro atoms. The smallest absolute Gasteiger partial charge is 0.396 e. The first-order valence-electron chi connectivity index (χ1n) is 6.14. The summed E-state index contributed by atoms with van der Waals surface area (Å²) in [6, 6.07) is 0. The molecule has 13 heteroatoms. The highest BCUT2D eigenvalue weighted by Crippen LogP contribution is 2.25. The van der Waals surface area contributed by atoms with Crippen LogP contribution in [0.2, 0.25) is 0 Å². The Bertz CT molecular complexity index is 235. The molecule has 11 N–H and O–H groups in total. The number of hydrogen-bond acceptors (Lipinski definition) is 9. The lowest BCUT2D eigenvalue weighted by Crippen LogP contribution is -2.37. The molecule has 0 aromatic carbocycles. The Morgan fingerprint density at radius 1 is 0.478 bits per heavy atom. The van der Waals surface area contributed by atoms with E-state index in [4.69, 9.17) is 60.1 Å². The molecule has 144 valence electrons. The SMILES string of the molecule is O=P(O)(O)O.OCC(CO)(CO)CO.OCC(CO)(CO)CO. The largest absolute Gasteiger partial charge is 0.466 e. The molecule has 0 saturated heterocycles. The second-order valence-electron chi connectivity index (χ2n) is 4.78. The molecule has 0 aliphatic rings. The summed E-state index contributed by atoms with van der Waals surface area (Å²) in [6.45, 7) is -3.25. The van der Waals surface area contributed by atoms with Gasteiger partial charge in [-0.3, -0.25) is 0 Å². The molecule has 0 saturated carbocycles. The first-order valence-corrected chi connectivity index (χ1v) is 7.71. The van der Waals surface area contributed by atoms with Crippen molar-refractivity contribution in [2.75, 3.05) is 52.9 Å². The summed E-state index contributed by atoms with van der Waals surface area (Å²) in [5, 5.41) is 68.0. The van der Waals surface area contributed by atoms with E-state index in [1.165, 1.54) is 0 Å². The monoisotopic (exact) mass is 370 g/mol. The third kappa shape index (κ3) is 15.1. The van der Waals surface area contributed by atoms with Crippen molar-refractivity contribution in [2.45, 2.75) is 0 Å². The van der Waals surface area contributed by atoms with E-state index in [2.05, 4.69) is 0 Å². The van der Waals surface area contributed by atoms with Gasteiger partial charge in [0.25, 0.3) is 0 Å². The predicted octanol–water partition coefficient (Wildman–Crippen LogP) is -5.04. The van der Waals surface area contributed by atoms with Gasteiger partial charge < -0.3 is 55.5 Å². The summed E-state index contributed by atoms with van der Waals surface area (Å²) in [7, 11) is -4.64. The minimum atomic E-state index is -4.64. The van der Waals surface area contributed by atoms with Crippen LogP contribution in [-0.2, 0) is 4.57 Å². The molecule has 0 fully saturated rings. The van der Waals surface area contributed by atoms with E-state index < -0.39 is 71.5 Å². The molecular weight excluding hydrogens is 343 g/mol. The molecule has 0 aromatic rings. The zero-order chi connectivity index (χ0) is 19.2. The molecule has 0 bridgehead atoms. The Labute approximate surface area is 132 Å². The summed E-state index contributed by atoms with van der Waals surface area (Å²) in [5.41, 5.74) is -2.22. The molecule has 0 rings (SSSR count). The molecule has 12 nitrogen and oxygen atoms in total. The third-order valence-corrected chi connectivity index (χ3v) is 2.68. The van der Waals surface area contributed by atoms with Crippen molar-refractivity contribution in [3.63, 3.8) is 0 Å². The quantitative estimate of drug-likeness (QED) is 0.180. The van der Waals surface area contributed by atoms with E-state index in [0.717, 1.165) is 0 Å². The predicted molar refractivity (Wildman–Crippen MR) is 75.8 cm³/mol. The maximum absolute atomic E-state index is 8.88. The molecule has 0 atom stereocenters. The van der Waals surface area contributed by atoms with Gasteiger partial charge in [-0.1, -0.05) is 0 Å². The molecule has 0 aliphatic carbocycles. The van der Waals surface area contributed by atoms with Gasteiger partial charge in [0, 0.05) is 0 Å². The van der Waals surface area contributed by atoms with Gasteiger partial charge in [-0.05, 0) is 0 Å². The van der Waals surface area contributed by atoms with Crippen molar-refractivity contribution < 1.29 is 60.1 Å². The standard InChI is InChI=1S/2C5H12O4.H3O4P/c2*6-1-5(2-7,3-8)4-9;1-5(2,3)4/h2*6-9H,1-4H2;(H3,1,2,3,4). The van der Waals surface area contributed by atoms with E-state index in [-0.39, 0.29) is 0 Å². The van der Waals surface area contributed by atoms with Crippen molar-refractivity contribution in [3.05, 3.63) is 0 Å². The van der Waals surface area contributed by atoms with Crippen molar-refractivity contribution in [2.24, 2.45) is 10.8 Å². The highest BCUT2D eigenvalue weighted by atomic mass is 31.2. The van der Waals surface area contributed by atoms with Crippen LogP contribution in [0.1, 0.15) is 0 Å². The zero-order valence-corrected chi connectivity index (χ0v) is 13.3. The normalized spacial score (nSPS) is 12.0. The van der Waals surface area contributed by atoms with Crippen LogP contribution >= 0.6 is 7.82 Å². The number of aliphatic hydroxyl groups excluding tert-OH is 8. The fourth-order valence-electron chi connectivity index (χ4n) is 0.600. The molecule has 23 heavy (non-hydrogen) atoms. The van der Waals surface area contributed by atoms with Gasteiger partial charge in [0.15, 0.2) is 0 Å². The summed E-state index contributed by atoms with van der Waals surface area (Å²) in [6.07, 6.45) is 0. The van der Waals surface area contributed by atoms with Gasteiger partial charge in [-0.2, -0.15) is 0 Å². The van der Waals surface area contributed by atoms with Crippen LogP contribution in [0.4, 0.5) is 0 Å². The van der Waals surface area contributed by atoms with Crippen LogP contribution in [0.3, 0.4) is 0 Å². The topological polar surface area (TPSA) is 240 Å². The van der Waals surface area contributed by atoms with Gasteiger partial charge in [-0.25, -0.2) is 4.57 Å². The van der Waals surface area contributed by atoms with E-state index in [1.54, 1.807) is 0 Å². The summed E-state index contributed by atoms with van der Waals surface area (Å²) < 4.78 is 8.88. The molecule has 0 amide bonds. The van der Waals surface area contributed by atoms with Crippen LogP contribution in [0.15, 0.2) is 0 Å². The Kier molecular flexibility index (Phi) is 17.0. The lowest BCUT2D eigenvalue weighted by Gasteiger charge is -2.23. The van der Waals surface area contributed by atoms with E-state index in [0.29, 0.717) is 0 Å².